The van der Waals surface area contributed by atoms with Gasteiger partial charge in [-0.25, -0.2) is 9.78 Å². The fourth-order valence-electron chi connectivity index (χ4n) is 5.58. The minimum Gasteiger partial charge on any atom is -0.443 e. The van der Waals surface area contributed by atoms with Crippen LogP contribution in [-0.4, -0.2) is 76.3 Å². The second-order valence-corrected chi connectivity index (χ2v) is 12.3. The normalized spacial score (nSPS) is 22.1. The molecule has 0 spiro atoms. The highest BCUT2D eigenvalue weighted by Crippen LogP contribution is 2.33. The Morgan fingerprint density at radius 1 is 1.09 bits per heavy atom. The molecule has 3 heterocycles. The fraction of sp³-hybridized carbons (Fsp3) is 0.567. The van der Waals surface area contributed by atoms with Crippen molar-refractivity contribution >= 4 is 35.0 Å². The largest absolute Gasteiger partial charge is 0.443 e. The van der Waals surface area contributed by atoms with E-state index >= 15 is 0 Å². The highest BCUT2D eigenvalue weighted by atomic mass is 16.6. The van der Waals surface area contributed by atoms with Gasteiger partial charge in [-0.15, -0.1) is 0 Å². The SMILES string of the molecule is CO[C@@H]1CCCC(NC(=O)c2cnn3c(N(C)C(=O)OC(C)(C)C)cc(Nc4cccn([C@H]5C[C@H](OC)C5)c4=O)nc23)C1. The van der Waals surface area contributed by atoms with E-state index in [0.717, 1.165) is 38.5 Å². The Balaban J connectivity index is 1.50. The van der Waals surface area contributed by atoms with Gasteiger partial charge in [0.05, 0.1) is 18.4 Å². The maximum atomic E-state index is 13.5. The maximum absolute atomic E-state index is 13.5. The van der Waals surface area contributed by atoms with Crippen LogP contribution < -0.4 is 21.1 Å². The van der Waals surface area contributed by atoms with Crippen molar-refractivity contribution in [3.63, 3.8) is 0 Å². The number of rotatable bonds is 8. The van der Waals surface area contributed by atoms with Crippen LogP contribution in [0.4, 0.5) is 22.1 Å². The number of ether oxygens (including phenoxy) is 3. The molecule has 2 atom stereocenters. The van der Waals surface area contributed by atoms with E-state index in [1.165, 1.54) is 15.6 Å². The summed E-state index contributed by atoms with van der Waals surface area (Å²) in [4.78, 5) is 45.9. The number of pyridine rings is 1. The lowest BCUT2D eigenvalue weighted by Crippen LogP contribution is -2.40. The summed E-state index contributed by atoms with van der Waals surface area (Å²) < 4.78 is 19.6. The van der Waals surface area contributed by atoms with E-state index in [1.54, 1.807) is 71.0 Å². The second-order valence-electron chi connectivity index (χ2n) is 12.3. The van der Waals surface area contributed by atoms with Gasteiger partial charge in [0.2, 0.25) is 0 Å². The van der Waals surface area contributed by atoms with Gasteiger partial charge in [-0.1, -0.05) is 0 Å². The van der Waals surface area contributed by atoms with Crippen LogP contribution in [-0.2, 0) is 14.2 Å². The molecule has 3 aromatic heterocycles. The number of nitrogens with zero attached hydrogens (tertiary/aromatic N) is 5. The summed E-state index contributed by atoms with van der Waals surface area (Å²) in [5.74, 6) is 0.242. The molecule has 43 heavy (non-hydrogen) atoms. The predicted molar refractivity (Wildman–Crippen MR) is 161 cm³/mol. The van der Waals surface area contributed by atoms with Gasteiger partial charge in [0.15, 0.2) is 5.65 Å². The molecule has 2 aliphatic rings. The lowest BCUT2D eigenvalue weighted by molar-refractivity contribution is 0.00522. The van der Waals surface area contributed by atoms with Crippen LogP contribution in [0, 0.1) is 0 Å². The third-order valence-corrected chi connectivity index (χ3v) is 8.04. The molecule has 2 N–H and O–H groups in total. The fourth-order valence-corrected chi connectivity index (χ4v) is 5.58. The average molecular weight is 596 g/mol. The summed E-state index contributed by atoms with van der Waals surface area (Å²) in [6, 6.07) is 5.07. The predicted octanol–water partition coefficient (Wildman–Crippen LogP) is 4.04. The molecule has 2 amide bonds. The van der Waals surface area contributed by atoms with Crippen LogP contribution in [0.2, 0.25) is 0 Å². The van der Waals surface area contributed by atoms with E-state index in [0.29, 0.717) is 11.5 Å². The molecule has 0 aromatic carbocycles. The molecule has 0 bridgehead atoms. The summed E-state index contributed by atoms with van der Waals surface area (Å²) in [5, 5.41) is 10.6. The number of carbonyl (C=O) groups excluding carboxylic acids is 2. The van der Waals surface area contributed by atoms with Gasteiger partial charge in [-0.05, 0) is 71.4 Å². The molecule has 1 unspecified atom stereocenters. The number of methoxy groups -OCH3 is 2. The zero-order valence-corrected chi connectivity index (χ0v) is 25.6. The molecule has 2 aliphatic carbocycles. The Morgan fingerprint density at radius 3 is 2.53 bits per heavy atom. The Morgan fingerprint density at radius 2 is 1.84 bits per heavy atom. The van der Waals surface area contributed by atoms with E-state index in [-0.39, 0.29) is 52.8 Å². The van der Waals surface area contributed by atoms with Crippen molar-refractivity contribution in [3.05, 3.63) is 46.5 Å². The molecule has 0 aliphatic heterocycles. The van der Waals surface area contributed by atoms with E-state index in [2.05, 4.69) is 20.7 Å². The molecule has 3 aromatic rings. The molecule has 0 radical (unpaired) electrons. The standard InChI is InChI=1S/C30H41N7O6/c1-30(2,3)43-29(40)35(4)25-16-24(33-23-11-8-12-36(28(23)39)19-14-21(15-19)42-6)34-26-22(17-31-37(25)26)27(38)32-18-9-7-10-20(13-18)41-5/h8,11-12,16-21H,7,9-10,13-15H2,1-6H3,(H,32,38)(H,33,34)/t18?,19-,20-,21-/m1/s1. The maximum Gasteiger partial charge on any atom is 0.415 e. The lowest BCUT2D eigenvalue weighted by atomic mass is 9.89. The molecule has 13 heteroatoms. The zero-order valence-electron chi connectivity index (χ0n) is 25.6. The van der Waals surface area contributed by atoms with Crippen molar-refractivity contribution in [2.24, 2.45) is 0 Å². The minimum atomic E-state index is -0.730. The average Bonchev–Trinajstić information content (AvgIpc) is 3.37. The van der Waals surface area contributed by atoms with Gasteiger partial charge < -0.3 is 29.4 Å². The van der Waals surface area contributed by atoms with Crippen LogP contribution in [0.5, 0.6) is 0 Å². The van der Waals surface area contributed by atoms with E-state index in [1.807, 2.05) is 0 Å². The number of hydrogen-bond donors (Lipinski definition) is 2. The van der Waals surface area contributed by atoms with Crippen LogP contribution in [0.25, 0.3) is 5.65 Å². The molecular weight excluding hydrogens is 554 g/mol. The minimum absolute atomic E-state index is 0.0432. The third-order valence-electron chi connectivity index (χ3n) is 8.04. The van der Waals surface area contributed by atoms with Crippen LogP contribution in [0.1, 0.15) is 75.7 Å². The number of fused-ring (bicyclic) bond motifs is 1. The Hall–Kier alpha value is -3.97. The van der Waals surface area contributed by atoms with Gasteiger partial charge in [-0.2, -0.15) is 9.61 Å². The monoisotopic (exact) mass is 595 g/mol. The van der Waals surface area contributed by atoms with Gasteiger partial charge in [0, 0.05) is 45.6 Å². The molecular formula is C30H41N7O6. The van der Waals surface area contributed by atoms with Gasteiger partial charge in [-0.3, -0.25) is 14.5 Å². The summed E-state index contributed by atoms with van der Waals surface area (Å²) in [7, 11) is 4.91. The first-order valence-electron chi connectivity index (χ1n) is 14.7. The molecule has 2 fully saturated rings. The van der Waals surface area contributed by atoms with Crippen molar-refractivity contribution in [3.8, 4) is 0 Å². The lowest BCUT2D eigenvalue weighted by Gasteiger charge is -2.35. The highest BCUT2D eigenvalue weighted by Gasteiger charge is 2.32. The number of nitrogens with one attached hydrogen (secondary N) is 2. The smallest absolute Gasteiger partial charge is 0.415 e. The Labute approximate surface area is 250 Å². The first-order chi connectivity index (χ1) is 20.5. The summed E-state index contributed by atoms with van der Waals surface area (Å²) in [5.41, 5.74) is -0.156. The number of amides is 2. The van der Waals surface area contributed by atoms with E-state index in [9.17, 15) is 14.4 Å². The topological polar surface area (TPSA) is 141 Å². The molecule has 0 saturated heterocycles. The van der Waals surface area contributed by atoms with Crippen molar-refractivity contribution in [1.82, 2.24) is 24.5 Å². The molecule has 5 rings (SSSR count). The Kier molecular flexibility index (Phi) is 8.74. The molecule has 232 valence electrons. The summed E-state index contributed by atoms with van der Waals surface area (Å²) in [6.45, 7) is 5.34. The van der Waals surface area contributed by atoms with Crippen molar-refractivity contribution in [1.29, 1.82) is 0 Å². The second kappa shape index (κ2) is 12.3. The molecule has 13 nitrogen and oxygen atoms in total. The first-order valence-corrected chi connectivity index (χ1v) is 14.7. The first kappa shape index (κ1) is 30.5. The van der Waals surface area contributed by atoms with Crippen LogP contribution in [0.15, 0.2) is 35.4 Å². The quantitative estimate of drug-likeness (QED) is 0.395. The van der Waals surface area contributed by atoms with E-state index < -0.39 is 11.7 Å². The number of hydrogen-bond acceptors (Lipinski definition) is 9. The highest BCUT2D eigenvalue weighted by molar-refractivity contribution is 6.00. The number of carbonyl (C=O) groups is 2. The third kappa shape index (κ3) is 6.67. The zero-order chi connectivity index (χ0) is 30.9. The van der Waals surface area contributed by atoms with Crippen LogP contribution in [0.3, 0.4) is 0 Å². The summed E-state index contributed by atoms with van der Waals surface area (Å²) >= 11 is 0. The van der Waals surface area contributed by atoms with Gasteiger partial charge in [0.25, 0.3) is 11.5 Å². The van der Waals surface area contributed by atoms with Crippen LogP contribution >= 0.6 is 0 Å². The number of aromatic nitrogens is 4. The van der Waals surface area contributed by atoms with Gasteiger partial charge >= 0.3 is 6.09 Å². The Bertz CT molecular complexity index is 1540. The van der Waals surface area contributed by atoms with Crippen molar-refractivity contribution < 1.29 is 23.8 Å². The van der Waals surface area contributed by atoms with Gasteiger partial charge in [0.1, 0.15) is 28.5 Å². The summed E-state index contributed by atoms with van der Waals surface area (Å²) in [6.07, 6.45) is 7.84. The van der Waals surface area contributed by atoms with Crippen molar-refractivity contribution in [2.75, 3.05) is 31.5 Å². The van der Waals surface area contributed by atoms with Crippen molar-refractivity contribution in [2.45, 2.75) is 89.2 Å². The van der Waals surface area contributed by atoms with E-state index in [4.69, 9.17) is 14.2 Å². The number of anilines is 3. The molecule has 2 saturated carbocycles.